The van der Waals surface area contributed by atoms with E-state index in [1.165, 1.54) is 0 Å². The van der Waals surface area contributed by atoms with Crippen LogP contribution in [0.5, 0.6) is 0 Å². The van der Waals surface area contributed by atoms with E-state index in [1.54, 1.807) is 0 Å². The second kappa shape index (κ2) is 6.87. The highest BCUT2D eigenvalue weighted by Crippen LogP contribution is 2.27. The fourth-order valence-electron chi connectivity index (χ4n) is 1.60. The lowest BCUT2D eigenvalue weighted by Gasteiger charge is -2.12. The van der Waals surface area contributed by atoms with Gasteiger partial charge >= 0.3 is 0 Å². The highest BCUT2D eigenvalue weighted by atomic mass is 79.9. The number of hydrogen-bond donors (Lipinski definition) is 3. The molecule has 0 spiro atoms. The van der Waals surface area contributed by atoms with Crippen molar-refractivity contribution in [3.63, 3.8) is 0 Å². The molecule has 0 aromatic heterocycles. The van der Waals surface area contributed by atoms with Crippen LogP contribution in [0, 0.1) is 12.8 Å². The number of benzene rings is 1. The SMILES string of the molecule is Cc1cc(NCCCC(C)CO)c(Br)cc1N. The van der Waals surface area contributed by atoms with Gasteiger partial charge in [-0.2, -0.15) is 0 Å². The highest BCUT2D eigenvalue weighted by Gasteiger charge is 2.04. The summed E-state index contributed by atoms with van der Waals surface area (Å²) in [6.45, 7) is 5.24. The van der Waals surface area contributed by atoms with E-state index in [4.69, 9.17) is 10.8 Å². The van der Waals surface area contributed by atoms with E-state index in [0.717, 1.165) is 40.8 Å². The Kier molecular flexibility index (Phi) is 5.78. The first-order valence-electron chi connectivity index (χ1n) is 5.95. The van der Waals surface area contributed by atoms with Crippen LogP contribution in [-0.2, 0) is 0 Å². The van der Waals surface area contributed by atoms with Crippen molar-refractivity contribution in [2.45, 2.75) is 26.7 Å². The molecular formula is C13H21BrN2O. The van der Waals surface area contributed by atoms with Gasteiger partial charge in [0, 0.05) is 29.0 Å². The molecule has 4 N–H and O–H groups in total. The van der Waals surface area contributed by atoms with E-state index in [0.29, 0.717) is 5.92 Å². The summed E-state index contributed by atoms with van der Waals surface area (Å²) in [5.41, 5.74) is 8.78. The van der Waals surface area contributed by atoms with Crippen molar-refractivity contribution in [3.05, 3.63) is 22.2 Å². The molecule has 0 bridgehead atoms. The number of nitrogens with two attached hydrogens (primary N) is 1. The third-order valence-electron chi connectivity index (χ3n) is 2.86. The number of anilines is 2. The fourth-order valence-corrected chi connectivity index (χ4v) is 2.10. The second-order valence-corrected chi connectivity index (χ2v) is 5.40. The monoisotopic (exact) mass is 300 g/mol. The Morgan fingerprint density at radius 3 is 2.82 bits per heavy atom. The molecule has 0 heterocycles. The zero-order chi connectivity index (χ0) is 12.8. The molecule has 1 atom stereocenters. The third kappa shape index (κ3) is 4.56. The number of aryl methyl sites for hydroxylation is 1. The number of aliphatic hydroxyl groups is 1. The van der Waals surface area contributed by atoms with Gasteiger partial charge in [0.15, 0.2) is 0 Å². The Labute approximate surface area is 112 Å². The van der Waals surface area contributed by atoms with E-state index in [1.807, 2.05) is 13.0 Å². The molecule has 0 fully saturated rings. The van der Waals surface area contributed by atoms with Gasteiger partial charge in [-0.15, -0.1) is 0 Å². The maximum atomic E-state index is 8.92. The molecule has 96 valence electrons. The number of halogens is 1. The zero-order valence-electron chi connectivity index (χ0n) is 10.5. The highest BCUT2D eigenvalue weighted by molar-refractivity contribution is 9.10. The van der Waals surface area contributed by atoms with Gasteiger partial charge in [0.05, 0.1) is 0 Å². The van der Waals surface area contributed by atoms with Crippen LogP contribution in [-0.4, -0.2) is 18.3 Å². The maximum absolute atomic E-state index is 8.92. The maximum Gasteiger partial charge on any atom is 0.0488 e. The standard InChI is InChI=1S/C13H21BrN2O/c1-9(8-17)4-3-5-16-13-6-10(2)12(15)7-11(13)14/h6-7,9,16-17H,3-5,8,15H2,1-2H3. The Morgan fingerprint density at radius 1 is 1.47 bits per heavy atom. The molecule has 0 aliphatic rings. The van der Waals surface area contributed by atoms with Gasteiger partial charge in [0.2, 0.25) is 0 Å². The molecule has 0 aliphatic carbocycles. The van der Waals surface area contributed by atoms with Crippen LogP contribution >= 0.6 is 15.9 Å². The molecule has 0 saturated heterocycles. The average molecular weight is 301 g/mol. The van der Waals surface area contributed by atoms with Crippen molar-refractivity contribution in [1.29, 1.82) is 0 Å². The Morgan fingerprint density at radius 2 is 2.18 bits per heavy atom. The number of nitrogen functional groups attached to an aromatic ring is 1. The van der Waals surface area contributed by atoms with Crippen LogP contribution in [0.1, 0.15) is 25.3 Å². The first-order chi connectivity index (χ1) is 8.04. The largest absolute Gasteiger partial charge is 0.398 e. The lowest BCUT2D eigenvalue weighted by molar-refractivity contribution is 0.229. The minimum atomic E-state index is 0.269. The van der Waals surface area contributed by atoms with Crippen LogP contribution in [0.3, 0.4) is 0 Å². The van der Waals surface area contributed by atoms with Crippen LogP contribution in [0.25, 0.3) is 0 Å². The zero-order valence-corrected chi connectivity index (χ0v) is 12.0. The summed E-state index contributed by atoms with van der Waals surface area (Å²) in [4.78, 5) is 0. The second-order valence-electron chi connectivity index (χ2n) is 4.55. The van der Waals surface area contributed by atoms with Gasteiger partial charge in [-0.1, -0.05) is 6.92 Å². The Hall–Kier alpha value is -0.740. The molecule has 1 unspecified atom stereocenters. The van der Waals surface area contributed by atoms with Crippen molar-refractivity contribution in [1.82, 2.24) is 0 Å². The lowest BCUT2D eigenvalue weighted by atomic mass is 10.1. The van der Waals surface area contributed by atoms with E-state index in [2.05, 4.69) is 34.2 Å². The molecule has 0 saturated carbocycles. The topological polar surface area (TPSA) is 58.3 Å². The lowest BCUT2D eigenvalue weighted by Crippen LogP contribution is -2.07. The smallest absolute Gasteiger partial charge is 0.0488 e. The molecule has 3 nitrogen and oxygen atoms in total. The van der Waals surface area contributed by atoms with Crippen molar-refractivity contribution in [3.8, 4) is 0 Å². The summed E-state index contributed by atoms with van der Waals surface area (Å²) < 4.78 is 0.996. The summed E-state index contributed by atoms with van der Waals surface area (Å²) in [5.74, 6) is 0.383. The summed E-state index contributed by atoms with van der Waals surface area (Å²) >= 11 is 3.49. The Bertz CT molecular complexity index is 369. The first kappa shape index (κ1) is 14.3. The number of nitrogens with one attached hydrogen (secondary N) is 1. The van der Waals surface area contributed by atoms with Crippen LogP contribution in [0.2, 0.25) is 0 Å². The van der Waals surface area contributed by atoms with Crippen molar-refractivity contribution < 1.29 is 5.11 Å². The van der Waals surface area contributed by atoms with Gasteiger partial charge in [-0.3, -0.25) is 0 Å². The van der Waals surface area contributed by atoms with Gasteiger partial charge in [0.25, 0.3) is 0 Å². The predicted octanol–water partition coefficient (Wildman–Crippen LogP) is 3.16. The summed E-state index contributed by atoms with van der Waals surface area (Å²) in [6, 6.07) is 3.98. The summed E-state index contributed by atoms with van der Waals surface area (Å²) in [6.07, 6.45) is 2.09. The minimum Gasteiger partial charge on any atom is -0.398 e. The third-order valence-corrected chi connectivity index (χ3v) is 3.51. The van der Waals surface area contributed by atoms with E-state index >= 15 is 0 Å². The molecule has 0 radical (unpaired) electrons. The molecule has 0 aliphatic heterocycles. The van der Waals surface area contributed by atoms with Gasteiger partial charge < -0.3 is 16.2 Å². The van der Waals surface area contributed by atoms with E-state index in [9.17, 15) is 0 Å². The van der Waals surface area contributed by atoms with Crippen LogP contribution < -0.4 is 11.1 Å². The molecule has 4 heteroatoms. The van der Waals surface area contributed by atoms with Crippen molar-refractivity contribution in [2.75, 3.05) is 24.2 Å². The van der Waals surface area contributed by atoms with Gasteiger partial charge in [-0.25, -0.2) is 0 Å². The normalized spacial score (nSPS) is 12.5. The van der Waals surface area contributed by atoms with Crippen LogP contribution in [0.4, 0.5) is 11.4 Å². The first-order valence-corrected chi connectivity index (χ1v) is 6.74. The fraction of sp³-hybridized carbons (Fsp3) is 0.538. The van der Waals surface area contributed by atoms with E-state index < -0.39 is 0 Å². The van der Waals surface area contributed by atoms with Crippen LogP contribution in [0.15, 0.2) is 16.6 Å². The number of rotatable bonds is 6. The molecular weight excluding hydrogens is 280 g/mol. The Balaban J connectivity index is 2.44. The number of hydrogen-bond acceptors (Lipinski definition) is 3. The van der Waals surface area contributed by atoms with Crippen molar-refractivity contribution >= 4 is 27.3 Å². The molecule has 0 amide bonds. The molecule has 17 heavy (non-hydrogen) atoms. The van der Waals surface area contributed by atoms with Crippen molar-refractivity contribution in [2.24, 2.45) is 5.92 Å². The summed E-state index contributed by atoms with van der Waals surface area (Å²) in [7, 11) is 0. The molecule has 1 aromatic rings. The van der Waals surface area contributed by atoms with Gasteiger partial charge in [0.1, 0.15) is 0 Å². The summed E-state index contributed by atoms with van der Waals surface area (Å²) in [5, 5.41) is 12.3. The average Bonchev–Trinajstić information content (AvgIpc) is 2.30. The minimum absolute atomic E-state index is 0.269. The predicted molar refractivity (Wildman–Crippen MR) is 77.3 cm³/mol. The van der Waals surface area contributed by atoms with E-state index in [-0.39, 0.29) is 6.61 Å². The quantitative estimate of drug-likeness (QED) is 0.559. The molecule has 1 aromatic carbocycles. The number of aliphatic hydroxyl groups excluding tert-OH is 1. The van der Waals surface area contributed by atoms with Gasteiger partial charge in [-0.05, 0) is 59.3 Å². The molecule has 1 rings (SSSR count).